The molecule has 9 heterocycles. The van der Waals surface area contributed by atoms with E-state index in [2.05, 4.69) is 89.3 Å². The quantitative estimate of drug-likeness (QED) is 0.0297. The van der Waals surface area contributed by atoms with E-state index in [1.165, 1.54) is 42.2 Å². The highest BCUT2D eigenvalue weighted by atomic mass is 79.9. The van der Waals surface area contributed by atoms with Gasteiger partial charge < -0.3 is 70.9 Å². The van der Waals surface area contributed by atoms with Gasteiger partial charge in [-0.1, -0.05) is 190 Å². The number of hydrogen-bond acceptors (Lipinski definition) is 12. The normalized spacial score (nSPS) is 21.6. The van der Waals surface area contributed by atoms with E-state index in [0.717, 1.165) is 111 Å². The second-order valence-electron chi connectivity index (χ2n) is 34.8. The Balaban J connectivity index is 0.000000145. The third-order valence-electron chi connectivity index (χ3n) is 25.4. The average molecular weight is 2100 g/mol. The minimum absolute atomic E-state index is 0.0384. The molecule has 0 unspecified atom stereocenters. The van der Waals surface area contributed by atoms with Crippen LogP contribution in [-0.4, -0.2) is 182 Å². The lowest BCUT2D eigenvalue weighted by Crippen LogP contribution is -2.50. The fourth-order valence-electron chi connectivity index (χ4n) is 19.2. The number of H-pyrrole nitrogens is 3. The van der Waals surface area contributed by atoms with Crippen molar-refractivity contribution in [3.63, 3.8) is 0 Å². The first-order chi connectivity index (χ1) is 63.9. The van der Waals surface area contributed by atoms with Gasteiger partial charge in [-0.05, 0) is 180 Å². The minimum atomic E-state index is -1.17. The number of likely N-dealkylation sites (tertiary alicyclic amines) is 6. The molecule has 0 aliphatic carbocycles. The van der Waals surface area contributed by atoms with Crippen molar-refractivity contribution >= 4 is 204 Å². The van der Waals surface area contributed by atoms with Crippen LogP contribution in [0.2, 0.25) is 15.1 Å². The maximum Gasteiger partial charge on any atom is 0.315 e. The molecule has 3 aromatic heterocycles. The smallest absolute Gasteiger partial charge is 0.315 e. The molecule has 23 nitrogen and oxygen atoms in total. The average Bonchev–Trinajstić information content (AvgIpc) is 1.57. The van der Waals surface area contributed by atoms with Gasteiger partial charge >= 0.3 is 12.1 Å². The molecule has 6 saturated heterocycles. The first-order valence-electron chi connectivity index (χ1n) is 44.4. The van der Waals surface area contributed by atoms with E-state index in [9.17, 15) is 33.6 Å². The van der Waals surface area contributed by atoms with Gasteiger partial charge in [-0.3, -0.25) is 33.6 Å². The van der Waals surface area contributed by atoms with Gasteiger partial charge in [0, 0.05) is 208 Å². The number of benzene rings is 9. The summed E-state index contributed by atoms with van der Waals surface area (Å²) in [6.07, 6.45) is 7.83. The van der Waals surface area contributed by atoms with Crippen molar-refractivity contribution in [1.29, 1.82) is 0 Å². The largest absolute Gasteiger partial charge is 0.361 e. The molecule has 6 aliphatic rings. The number of thioether (sulfide) groups is 3. The molecule has 0 spiro atoms. The lowest BCUT2D eigenvalue weighted by atomic mass is 9.90. The zero-order valence-electron chi connectivity index (χ0n) is 74.1. The molecule has 9 atom stereocenters. The molecule has 0 bridgehead atoms. The molecular weight excluding hydrogens is 2000 g/mol. The SMILES string of the molecule is CC(=O)N[C@H]1CCN(C(=O)[C@]2(Sc3ccc(C)cc3)CC(=O)N(Cc3ccc(Br)cc3)[C@H]2c2c[nH]c3cc(Cl)ccc23)C1.CCNC(=O)N[C@@H]1CCN(C(=O)[C@]2(Sc3ccc(C)cc3)CC(=O)N(Cc3ccc(Br)cc3)[C@H]2c2c[nH]c3cc(Cl)ccc23)C1.CCNC(=O)N[C@H]1CCN(C(=O)[C@]2(Sc3ccc(C)cc3)CC(=O)N(Cc3ccc(Br)cc3)[C@H]2c2c[nH]c3cc(Cl)ccc23)C1. The van der Waals surface area contributed by atoms with Crippen LogP contribution in [-0.2, 0) is 53.2 Å². The monoisotopic (exact) mass is 2090 g/mol. The number of amides is 11. The summed E-state index contributed by atoms with van der Waals surface area (Å²) in [5, 5.41) is 19.1. The highest BCUT2D eigenvalue weighted by Crippen LogP contribution is 2.59. The molecule has 0 saturated carbocycles. The summed E-state index contributed by atoms with van der Waals surface area (Å²) in [7, 11) is 0. The van der Waals surface area contributed by atoms with Gasteiger partial charge in [-0.15, -0.1) is 35.3 Å². The van der Waals surface area contributed by atoms with Crippen molar-refractivity contribution in [3.05, 3.63) is 297 Å². The second kappa shape index (κ2) is 41.6. The highest BCUT2D eigenvalue weighted by Gasteiger charge is 2.64. The van der Waals surface area contributed by atoms with Crippen molar-refractivity contribution in [2.45, 2.75) is 165 Å². The fourth-order valence-corrected chi connectivity index (χ4v) is 24.9. The molecule has 18 rings (SSSR count). The molecular formula is C101H102Br3Cl3N14O9S3. The molecule has 0 radical (unpaired) electrons. The van der Waals surface area contributed by atoms with Crippen molar-refractivity contribution in [1.82, 2.24) is 70.9 Å². The summed E-state index contributed by atoms with van der Waals surface area (Å²) in [4.78, 5) is 148. The summed E-state index contributed by atoms with van der Waals surface area (Å²) in [6.45, 7) is 16.1. The molecule has 8 N–H and O–H groups in total. The van der Waals surface area contributed by atoms with E-state index in [-0.39, 0.29) is 90.8 Å². The molecule has 11 amide bonds. The highest BCUT2D eigenvalue weighted by molar-refractivity contribution is 9.11. The number of urea groups is 2. The van der Waals surface area contributed by atoms with Crippen LogP contribution in [0.5, 0.6) is 0 Å². The number of fused-ring (bicyclic) bond motifs is 3. The van der Waals surface area contributed by atoms with E-state index in [1.54, 1.807) is 0 Å². The molecule has 6 fully saturated rings. The van der Waals surface area contributed by atoms with E-state index < -0.39 is 32.4 Å². The lowest BCUT2D eigenvalue weighted by molar-refractivity contribution is -0.134. The van der Waals surface area contributed by atoms with Crippen molar-refractivity contribution in [2.24, 2.45) is 0 Å². The van der Waals surface area contributed by atoms with Gasteiger partial charge in [0.2, 0.25) is 41.4 Å². The van der Waals surface area contributed by atoms with Gasteiger partial charge in [0.1, 0.15) is 14.2 Å². The number of aromatic nitrogens is 3. The topological polar surface area (TPSA) is 281 Å². The number of carbonyl (C=O) groups excluding carboxylic acids is 9. The molecule has 690 valence electrons. The number of carbonyl (C=O) groups is 9. The molecule has 12 aromatic rings. The molecule has 32 heteroatoms. The summed E-state index contributed by atoms with van der Waals surface area (Å²) in [6, 6.07) is 62.3. The van der Waals surface area contributed by atoms with E-state index in [0.29, 0.717) is 106 Å². The second-order valence-corrected chi connectivity index (χ2v) is 43.1. The van der Waals surface area contributed by atoms with Crippen LogP contribution in [0.1, 0.15) is 127 Å². The van der Waals surface area contributed by atoms with Gasteiger partial charge in [0.15, 0.2) is 0 Å². The Morgan fingerprint density at radius 3 is 0.925 bits per heavy atom. The zero-order valence-corrected chi connectivity index (χ0v) is 83.6. The van der Waals surface area contributed by atoms with Gasteiger partial charge in [-0.2, -0.15) is 0 Å². The van der Waals surface area contributed by atoms with E-state index in [4.69, 9.17) is 34.8 Å². The lowest BCUT2D eigenvalue weighted by Gasteiger charge is -2.38. The summed E-state index contributed by atoms with van der Waals surface area (Å²) < 4.78 is -0.631. The Labute approximate surface area is 825 Å². The van der Waals surface area contributed by atoms with Crippen molar-refractivity contribution in [3.8, 4) is 0 Å². The zero-order chi connectivity index (χ0) is 93.7. The van der Waals surface area contributed by atoms with Gasteiger partial charge in [0.05, 0.1) is 37.4 Å². The minimum Gasteiger partial charge on any atom is -0.361 e. The van der Waals surface area contributed by atoms with Crippen LogP contribution in [0.25, 0.3) is 32.7 Å². The Morgan fingerprint density at radius 2 is 0.662 bits per heavy atom. The van der Waals surface area contributed by atoms with Crippen molar-refractivity contribution in [2.75, 3.05) is 52.4 Å². The van der Waals surface area contributed by atoms with Gasteiger partial charge in [-0.25, -0.2) is 9.59 Å². The first-order valence-corrected chi connectivity index (χ1v) is 50.3. The third kappa shape index (κ3) is 21.2. The number of halogens is 6. The van der Waals surface area contributed by atoms with Gasteiger partial charge in [0.25, 0.3) is 0 Å². The standard InChI is InChI=1S/2C34H35BrClN5O3S.C33H32BrClN4O3S/c2*1-3-37-33(44)39-25-14-15-40(20-25)32(43)34(45-26-11-4-21(2)5-12-26)17-30(42)41(19-22-6-8-23(35)9-7-22)31(34)28-18-38-29-16-24(36)10-13-27(28)29;1-20-3-10-26(11-4-20)43-33(32(42)38-14-13-25(19-38)37-21(2)40)16-30(41)39(18-22-5-7-23(34)8-6-22)31(33)28-17-36-29-15-24(35)9-12-27(28)29/h2*4-13,16,18,25,31,38H,3,14-15,17,19-20H2,1-2H3,(H2,37,39,44);3-12,15,17,25,31,36H,13-14,16,18-19H2,1-2H3,(H,37,40)/t25-,31+,34+;25-,31-,34-;25-,31-,33-/m100/s1. The van der Waals surface area contributed by atoms with Crippen molar-refractivity contribution < 1.29 is 43.2 Å². The van der Waals surface area contributed by atoms with Crippen LogP contribution in [0, 0.1) is 20.8 Å². The summed E-state index contributed by atoms with van der Waals surface area (Å²) >= 11 is 34.0. The predicted octanol–water partition coefficient (Wildman–Crippen LogP) is 20.3. The van der Waals surface area contributed by atoms with Crippen LogP contribution in [0.3, 0.4) is 0 Å². The van der Waals surface area contributed by atoms with E-state index >= 15 is 9.59 Å². The maximum atomic E-state index is 15.0. The van der Waals surface area contributed by atoms with E-state index in [1.807, 2.05) is 283 Å². The number of nitrogens with zero attached hydrogens (tertiary/aromatic N) is 6. The maximum absolute atomic E-state index is 15.0. The number of aromatic amines is 3. The first kappa shape index (κ1) is 95.9. The summed E-state index contributed by atoms with van der Waals surface area (Å²) in [5.74, 6) is -0.671. The number of rotatable bonds is 23. The Morgan fingerprint density at radius 1 is 0.391 bits per heavy atom. The number of aryl methyl sites for hydroxylation is 3. The Bertz CT molecular complexity index is 6100. The van der Waals surface area contributed by atoms with Crippen LogP contribution >= 0.6 is 118 Å². The number of hydrogen-bond donors (Lipinski definition) is 8. The molecule has 6 aliphatic heterocycles. The molecule has 9 aromatic carbocycles. The molecule has 133 heavy (non-hydrogen) atoms. The fraction of sp³-hybridized carbons (Fsp3) is 0.317. The van der Waals surface area contributed by atoms with Crippen LogP contribution < -0.4 is 26.6 Å². The Kier molecular flexibility index (Phi) is 30.0. The number of nitrogens with one attached hydrogen (secondary N) is 8. The predicted molar refractivity (Wildman–Crippen MR) is 539 cm³/mol. The Hall–Kier alpha value is -10.2. The van der Waals surface area contributed by atoms with Crippen LogP contribution in [0.4, 0.5) is 9.59 Å². The van der Waals surface area contributed by atoms with Crippen LogP contribution in [0.15, 0.2) is 247 Å². The third-order valence-corrected chi connectivity index (χ3v) is 31.9. The summed E-state index contributed by atoms with van der Waals surface area (Å²) in [5.41, 5.74) is 11.4.